The average molecular weight is 398 g/mol. The summed E-state index contributed by atoms with van der Waals surface area (Å²) < 4.78 is 21.2. The Morgan fingerprint density at radius 2 is 1.48 bits per heavy atom. The highest BCUT2D eigenvalue weighted by Gasteiger charge is 2.09. The van der Waals surface area contributed by atoms with Crippen LogP contribution >= 0.6 is 0 Å². The Labute approximate surface area is 169 Å². The van der Waals surface area contributed by atoms with Gasteiger partial charge < -0.3 is 29.2 Å². The van der Waals surface area contributed by atoms with Crippen molar-refractivity contribution in [3.05, 3.63) is 57.9 Å². The van der Waals surface area contributed by atoms with Crippen molar-refractivity contribution < 1.29 is 18.9 Å². The van der Waals surface area contributed by atoms with Crippen molar-refractivity contribution in [1.29, 1.82) is 0 Å². The Kier molecular flexibility index (Phi) is 6.61. The second kappa shape index (κ2) is 9.34. The van der Waals surface area contributed by atoms with Crippen molar-refractivity contribution >= 4 is 10.9 Å². The van der Waals surface area contributed by atoms with Crippen LogP contribution in [0.2, 0.25) is 0 Å². The van der Waals surface area contributed by atoms with Gasteiger partial charge >= 0.3 is 0 Å². The van der Waals surface area contributed by atoms with Gasteiger partial charge in [0.15, 0.2) is 23.0 Å². The van der Waals surface area contributed by atoms with Crippen LogP contribution in [-0.4, -0.2) is 40.0 Å². The van der Waals surface area contributed by atoms with Gasteiger partial charge in [-0.1, -0.05) is 6.07 Å². The summed E-state index contributed by atoms with van der Waals surface area (Å²) in [6, 6.07) is 11.4. The van der Waals surface area contributed by atoms with E-state index in [1.807, 2.05) is 30.3 Å². The summed E-state index contributed by atoms with van der Waals surface area (Å²) in [6.45, 7) is 1.19. The van der Waals surface area contributed by atoms with Crippen LogP contribution in [0.1, 0.15) is 11.1 Å². The van der Waals surface area contributed by atoms with Crippen LogP contribution < -0.4 is 29.8 Å². The molecule has 0 atom stereocenters. The maximum atomic E-state index is 12.4. The first kappa shape index (κ1) is 20.5. The van der Waals surface area contributed by atoms with E-state index in [0.29, 0.717) is 40.6 Å². The number of ether oxygens (including phenoxy) is 4. The summed E-state index contributed by atoms with van der Waals surface area (Å²) in [5.74, 6) is 2.62. The second-order valence-electron chi connectivity index (χ2n) is 6.53. The molecule has 1 aromatic heterocycles. The zero-order chi connectivity index (χ0) is 20.8. The minimum Gasteiger partial charge on any atom is -0.493 e. The minimum absolute atomic E-state index is 0.122. The third-order valence-electron chi connectivity index (χ3n) is 4.78. The molecule has 29 heavy (non-hydrogen) atoms. The van der Waals surface area contributed by atoms with E-state index in [1.165, 1.54) is 0 Å². The van der Waals surface area contributed by atoms with Gasteiger partial charge in [-0.2, -0.15) is 0 Å². The van der Waals surface area contributed by atoms with Gasteiger partial charge in [-0.15, -0.1) is 0 Å². The molecule has 0 spiro atoms. The highest BCUT2D eigenvalue weighted by molar-refractivity contribution is 5.83. The van der Waals surface area contributed by atoms with E-state index in [0.717, 1.165) is 23.9 Å². The quantitative estimate of drug-likeness (QED) is 0.540. The van der Waals surface area contributed by atoms with Gasteiger partial charge in [-0.05, 0) is 42.8 Å². The molecule has 7 heteroatoms. The van der Waals surface area contributed by atoms with E-state index in [1.54, 1.807) is 34.5 Å². The van der Waals surface area contributed by atoms with Gasteiger partial charge in [0, 0.05) is 23.6 Å². The van der Waals surface area contributed by atoms with Gasteiger partial charge in [0.1, 0.15) is 0 Å². The lowest BCUT2D eigenvalue weighted by Gasteiger charge is -2.11. The maximum absolute atomic E-state index is 12.4. The standard InChI is InChI=1S/C22H26N2O5/c1-26-18-6-5-14(9-19(18)27-2)7-8-23-13-16-10-15-11-20(28-3)21(29-4)12-17(15)24-22(16)25/h5-6,9-12,23H,7-8,13H2,1-4H3,(H,24,25). The number of methoxy groups -OCH3 is 4. The van der Waals surface area contributed by atoms with Gasteiger partial charge in [0.25, 0.3) is 5.56 Å². The maximum Gasteiger partial charge on any atom is 0.252 e. The summed E-state index contributed by atoms with van der Waals surface area (Å²) in [7, 11) is 6.40. The van der Waals surface area contributed by atoms with Crippen molar-refractivity contribution in [3.63, 3.8) is 0 Å². The zero-order valence-electron chi connectivity index (χ0n) is 17.1. The van der Waals surface area contributed by atoms with Crippen molar-refractivity contribution in [2.45, 2.75) is 13.0 Å². The van der Waals surface area contributed by atoms with Crippen molar-refractivity contribution in [3.8, 4) is 23.0 Å². The average Bonchev–Trinajstić information content (AvgIpc) is 2.75. The number of benzene rings is 2. The topological polar surface area (TPSA) is 81.8 Å². The number of H-pyrrole nitrogens is 1. The highest BCUT2D eigenvalue weighted by Crippen LogP contribution is 2.31. The first-order valence-electron chi connectivity index (χ1n) is 9.29. The summed E-state index contributed by atoms with van der Waals surface area (Å²) in [6.07, 6.45) is 0.802. The van der Waals surface area contributed by atoms with Crippen LogP contribution in [0.15, 0.2) is 41.2 Å². The molecular weight excluding hydrogens is 372 g/mol. The smallest absolute Gasteiger partial charge is 0.252 e. The summed E-state index contributed by atoms with van der Waals surface area (Å²) >= 11 is 0. The molecule has 0 amide bonds. The second-order valence-corrected chi connectivity index (χ2v) is 6.53. The Morgan fingerprint density at radius 3 is 2.17 bits per heavy atom. The molecule has 0 saturated carbocycles. The number of aromatic amines is 1. The van der Waals surface area contributed by atoms with Crippen LogP contribution in [0, 0.1) is 0 Å². The molecule has 1 heterocycles. The predicted molar refractivity (Wildman–Crippen MR) is 113 cm³/mol. The summed E-state index contributed by atoms with van der Waals surface area (Å²) in [4.78, 5) is 15.3. The van der Waals surface area contributed by atoms with Crippen molar-refractivity contribution in [2.24, 2.45) is 0 Å². The fourth-order valence-corrected chi connectivity index (χ4v) is 3.20. The van der Waals surface area contributed by atoms with E-state index in [2.05, 4.69) is 10.3 Å². The molecule has 0 aliphatic heterocycles. The molecule has 2 N–H and O–H groups in total. The summed E-state index contributed by atoms with van der Waals surface area (Å²) in [5.41, 5.74) is 2.38. The third kappa shape index (κ3) is 4.63. The van der Waals surface area contributed by atoms with Crippen LogP contribution in [0.4, 0.5) is 0 Å². The zero-order valence-corrected chi connectivity index (χ0v) is 17.1. The first-order valence-corrected chi connectivity index (χ1v) is 9.29. The molecule has 0 radical (unpaired) electrons. The Morgan fingerprint density at radius 1 is 0.828 bits per heavy atom. The van der Waals surface area contributed by atoms with E-state index in [-0.39, 0.29) is 5.56 Å². The van der Waals surface area contributed by atoms with Gasteiger partial charge in [-0.25, -0.2) is 0 Å². The molecule has 0 fully saturated rings. The predicted octanol–water partition coefficient (Wildman–Crippen LogP) is 2.89. The fraction of sp³-hybridized carbons (Fsp3) is 0.318. The normalized spacial score (nSPS) is 10.8. The number of nitrogens with one attached hydrogen (secondary N) is 2. The molecule has 0 saturated heterocycles. The third-order valence-corrected chi connectivity index (χ3v) is 4.78. The molecule has 2 aromatic carbocycles. The van der Waals surface area contributed by atoms with Gasteiger partial charge in [0.2, 0.25) is 0 Å². The monoisotopic (exact) mass is 398 g/mol. The number of pyridine rings is 1. The fourth-order valence-electron chi connectivity index (χ4n) is 3.20. The Hall–Kier alpha value is -3.19. The van der Waals surface area contributed by atoms with Gasteiger partial charge in [-0.3, -0.25) is 4.79 Å². The lowest BCUT2D eigenvalue weighted by atomic mass is 10.1. The lowest BCUT2D eigenvalue weighted by Crippen LogP contribution is -2.22. The van der Waals surface area contributed by atoms with E-state index < -0.39 is 0 Å². The largest absolute Gasteiger partial charge is 0.493 e. The molecule has 0 aliphatic rings. The first-order chi connectivity index (χ1) is 14.1. The van der Waals surface area contributed by atoms with Crippen molar-refractivity contribution in [1.82, 2.24) is 10.3 Å². The number of aromatic nitrogens is 1. The van der Waals surface area contributed by atoms with E-state index >= 15 is 0 Å². The Bertz CT molecular complexity index is 1050. The van der Waals surface area contributed by atoms with Crippen LogP contribution in [-0.2, 0) is 13.0 Å². The Balaban J connectivity index is 1.67. The minimum atomic E-state index is -0.122. The number of fused-ring (bicyclic) bond motifs is 1. The van der Waals surface area contributed by atoms with Crippen LogP contribution in [0.3, 0.4) is 0 Å². The number of rotatable bonds is 9. The summed E-state index contributed by atoms with van der Waals surface area (Å²) in [5, 5.41) is 4.21. The molecule has 154 valence electrons. The van der Waals surface area contributed by atoms with Crippen LogP contribution in [0.25, 0.3) is 10.9 Å². The molecule has 3 rings (SSSR count). The number of hydrogen-bond acceptors (Lipinski definition) is 6. The number of hydrogen-bond donors (Lipinski definition) is 2. The molecule has 0 aliphatic carbocycles. The molecule has 3 aromatic rings. The molecule has 0 unspecified atom stereocenters. The highest BCUT2D eigenvalue weighted by atomic mass is 16.5. The van der Waals surface area contributed by atoms with Gasteiger partial charge in [0.05, 0.1) is 34.0 Å². The van der Waals surface area contributed by atoms with E-state index in [4.69, 9.17) is 18.9 Å². The molecule has 7 nitrogen and oxygen atoms in total. The molecular formula is C22H26N2O5. The SMILES string of the molecule is COc1ccc(CCNCc2cc3cc(OC)c(OC)cc3[nH]c2=O)cc1OC. The molecule has 0 bridgehead atoms. The van der Waals surface area contributed by atoms with E-state index in [9.17, 15) is 4.79 Å². The van der Waals surface area contributed by atoms with Crippen molar-refractivity contribution in [2.75, 3.05) is 35.0 Å². The lowest BCUT2D eigenvalue weighted by molar-refractivity contribution is 0.354. The van der Waals surface area contributed by atoms with Crippen LogP contribution in [0.5, 0.6) is 23.0 Å².